The van der Waals surface area contributed by atoms with Gasteiger partial charge in [0, 0.05) is 144 Å². The molecule has 14 N–H and O–H groups in total. The molecule has 1 heterocycles. The van der Waals surface area contributed by atoms with Gasteiger partial charge in [0.1, 0.15) is 47.8 Å². The molecule has 12 amide bonds. The molecule has 1 saturated heterocycles. The molecule has 1 fully saturated rings. The fourth-order valence-corrected chi connectivity index (χ4v) is 14.6. The van der Waals surface area contributed by atoms with E-state index in [0.29, 0.717) is 74.7 Å². The number of carbonyl (C=O) groups excluding carboxylic acids is 12. The zero-order valence-electron chi connectivity index (χ0n) is 71.2. The first-order chi connectivity index (χ1) is 55.2. The first-order valence-electron chi connectivity index (χ1n) is 40.6. The van der Waals surface area contributed by atoms with E-state index >= 15 is 0 Å². The van der Waals surface area contributed by atoms with Crippen LogP contribution in [0.15, 0.2) is 84.9 Å². The minimum Gasteiger partial charge on any atom is -0.668 e. The van der Waals surface area contributed by atoms with Gasteiger partial charge >= 0.3 is 12.0 Å². The van der Waals surface area contributed by atoms with Gasteiger partial charge in [-0.2, -0.15) is 0 Å². The number of ketones is 1. The van der Waals surface area contributed by atoms with Crippen LogP contribution >= 0.6 is 0 Å². The van der Waals surface area contributed by atoms with Crippen LogP contribution in [0.1, 0.15) is 168 Å². The summed E-state index contributed by atoms with van der Waals surface area (Å²) in [5, 5.41) is 44.8. The fourth-order valence-electron chi connectivity index (χ4n) is 14.6. The third kappa shape index (κ3) is 37.0. The Labute approximate surface area is 733 Å². The predicted octanol–water partition coefficient (Wildman–Crippen LogP) is 4.79. The van der Waals surface area contributed by atoms with E-state index < -0.39 is 126 Å². The van der Waals surface area contributed by atoms with E-state index in [9.17, 15) is 72.5 Å². The number of rotatable bonds is 55. The molecular formula is C84H131N14O18VY-. The zero-order valence-corrected chi connectivity index (χ0v) is 75.4. The second-order valence-electron chi connectivity index (χ2n) is 31.1. The van der Waals surface area contributed by atoms with E-state index in [1.165, 1.54) is 45.6 Å². The number of urea groups is 1. The number of carboxylic acids is 1. The summed E-state index contributed by atoms with van der Waals surface area (Å²) in [4.78, 5) is 185. The van der Waals surface area contributed by atoms with E-state index in [4.69, 9.17) is 25.7 Å². The summed E-state index contributed by atoms with van der Waals surface area (Å²) in [6, 6.07) is 11.9. The van der Waals surface area contributed by atoms with E-state index in [2.05, 4.69) is 47.9 Å². The van der Waals surface area contributed by atoms with Crippen molar-refractivity contribution in [3.63, 3.8) is 0 Å². The van der Waals surface area contributed by atoms with Gasteiger partial charge in [-0.15, -0.1) is 0 Å². The molecule has 1 aliphatic heterocycles. The van der Waals surface area contributed by atoms with Crippen LogP contribution < -0.4 is 53.6 Å². The average Bonchev–Trinajstić information content (AvgIpc) is 1.28. The Morgan fingerprint density at radius 3 is 1.64 bits per heavy atom. The van der Waals surface area contributed by atoms with Crippen LogP contribution in [0, 0.1) is 23.7 Å². The third-order valence-corrected chi connectivity index (χ3v) is 21.3. The van der Waals surface area contributed by atoms with Gasteiger partial charge in [0.05, 0.1) is 49.3 Å². The van der Waals surface area contributed by atoms with Crippen molar-refractivity contribution in [3.05, 3.63) is 107 Å². The Balaban J connectivity index is 0.0000236. The number of nitrogens with zero attached hydrogens (tertiary/aromatic N) is 3. The van der Waals surface area contributed by atoms with Crippen molar-refractivity contribution in [2.45, 2.75) is 243 Å². The van der Waals surface area contributed by atoms with E-state index in [1.807, 2.05) is 60.5 Å². The minimum absolute atomic E-state index is 0. The van der Waals surface area contributed by atoms with Crippen LogP contribution in [0.2, 0.25) is 0 Å². The molecule has 4 rings (SSSR count). The first-order valence-corrected chi connectivity index (χ1v) is 40.6. The summed E-state index contributed by atoms with van der Waals surface area (Å²) in [5.74, 6) is -8.72. The number of benzene rings is 3. The quantitative estimate of drug-likeness (QED) is 0.0338. The number of hydrogen-bond donors (Lipinski definition) is 12. The molecule has 32 nitrogen and oxygen atoms in total. The number of aliphatic carboxylic acids is 1. The number of aromatic hydroxyl groups is 1. The number of ether oxygens (including phenoxy) is 3. The smallest absolute Gasteiger partial charge is 0.326 e. The number of nitrogens with two attached hydrogens (primary N) is 1. The van der Waals surface area contributed by atoms with Gasteiger partial charge in [0.2, 0.25) is 59.1 Å². The number of carboxylic acid groups (broad SMARTS) is 1. The molecule has 0 saturated carbocycles. The largest absolute Gasteiger partial charge is 0.668 e. The van der Waals surface area contributed by atoms with Crippen LogP contribution in [0.3, 0.4) is 0 Å². The van der Waals surface area contributed by atoms with Gasteiger partial charge in [0.25, 0.3) is 0 Å². The summed E-state index contributed by atoms with van der Waals surface area (Å²) in [6.45, 7) is 14.0. The number of unbranched alkanes of at least 4 members (excludes halogenated alkanes) is 3. The SMILES string of the molecule is CC[C@H](C)[C@@H]([C@@H](CC(=O)N1CCC[C@H]1[C@H](OC)[C@@H](C)C(=O)N[C@@H](Cc1ccccc1)C(=O)NCCC(=O)N[C@@H](Cc1ccccc1)C(=O)N[C@@H](CCCNC(N)=O)C(=O)N[C@@H](CCCCCC(=O)[C@@H]([NH-])CCCCNC(=O)CCOC)C(=O)N[C@@H](Cc1ccc(O)cc1)C(=O)O)OC)N(C)C(=O)[C@@H](NC(=O)[C@H](C(C)C)N(C)C)C(C)C.[V].[Y]. The molecule has 3 aromatic rings. The van der Waals surface area contributed by atoms with Gasteiger partial charge in [-0.1, -0.05) is 159 Å². The predicted molar refractivity (Wildman–Crippen MR) is 439 cm³/mol. The first kappa shape index (κ1) is 106. The van der Waals surface area contributed by atoms with Crippen LogP contribution in [0.25, 0.3) is 5.73 Å². The Bertz CT molecular complexity index is 3600. The van der Waals surface area contributed by atoms with Crippen molar-refractivity contribution in [2.75, 3.05) is 75.3 Å². The van der Waals surface area contributed by atoms with Gasteiger partial charge in [-0.3, -0.25) is 52.8 Å². The van der Waals surface area contributed by atoms with E-state index in [-0.39, 0.29) is 201 Å². The van der Waals surface area contributed by atoms with Crippen molar-refractivity contribution in [1.29, 1.82) is 0 Å². The number of hydrogen-bond acceptors (Lipinski definition) is 18. The van der Waals surface area contributed by atoms with E-state index in [1.54, 1.807) is 84.4 Å². The van der Waals surface area contributed by atoms with E-state index in [0.717, 1.165) is 0 Å². The Kier molecular flexibility index (Phi) is 50.9. The molecule has 1 aliphatic rings. The summed E-state index contributed by atoms with van der Waals surface area (Å²) in [7, 11) is 9.77. The van der Waals surface area contributed by atoms with Gasteiger partial charge in [-0.25, -0.2) is 9.59 Å². The Hall–Kier alpha value is -7.94. The number of likely N-dealkylation sites (tertiary alicyclic amines) is 1. The topological polar surface area (TPSA) is 458 Å². The van der Waals surface area contributed by atoms with Crippen LogP contribution in [0.5, 0.6) is 5.75 Å². The summed E-state index contributed by atoms with van der Waals surface area (Å²) < 4.78 is 17.1. The standard InChI is InChI=1S/C84H131N14O18.V.Y/c1-14-54(6)74(97(10)82(110)72(52(2)3)95-81(109)73(53(4)5)96(8)9)68(115-12)51-71(103)98-46-27-35-66(98)75(116-13)55(7)76(104)93-63(48-56-28-18-15-19-29-56)77(105)88-45-41-70(102)90-64(49-57-30-20-16-21-31-57)80(108)92-62(34-26-44-89-84(86)113)78(106)91-61(79(107)94-65(83(111)112)50-58-37-39-59(99)40-38-58)33-22-17-23-36-67(100)60(85)32-24-25-43-87-69(101)42-47-114-11;;/h15-16,18-21,28-31,37-40,52-55,60-66,68,72-75,85,99H,14,17,22-27,32-36,41-51H2,1-13H3,(H,87,101)(H,88,105)(H,90,102)(H,91,106)(H,92,108)(H,93,104)(H,94,107)(H,95,109)(H,111,112)(H3,86,89,113);;/q-1;;/t54-,55+,60-,61-,62-,63-,64-,65-,66-,68+,72-,73-,74-,75+;;/m0../s1. The summed E-state index contributed by atoms with van der Waals surface area (Å²) in [5.41, 5.74) is 15.5. The average molecular weight is 1760 g/mol. The molecule has 118 heavy (non-hydrogen) atoms. The maximum atomic E-state index is 14.8. The van der Waals surface area contributed by atoms with Crippen molar-refractivity contribution >= 4 is 76.9 Å². The molecule has 0 spiro atoms. The molecule has 14 atom stereocenters. The molecule has 2 radical (unpaired) electrons. The molecule has 0 unspecified atom stereocenters. The van der Waals surface area contributed by atoms with Gasteiger partial charge < -0.3 is 98.3 Å². The molecule has 0 aromatic heterocycles. The van der Waals surface area contributed by atoms with Crippen LogP contribution in [-0.4, -0.2) is 250 Å². The number of phenolic OH excluding ortho intramolecular Hbond substituents is 1. The Morgan fingerprint density at radius 2 is 1.10 bits per heavy atom. The summed E-state index contributed by atoms with van der Waals surface area (Å²) in [6.07, 6.45) is 1.65. The molecular weight excluding hydrogens is 1630 g/mol. The van der Waals surface area contributed by atoms with Crippen molar-refractivity contribution in [2.24, 2.45) is 29.4 Å². The molecule has 34 heteroatoms. The number of carbonyl (C=O) groups is 13. The number of nitrogens with one attached hydrogen (secondary N) is 10. The van der Waals surface area contributed by atoms with Gasteiger partial charge in [-0.05, 0) is 106 Å². The number of likely N-dealkylation sites (N-methyl/N-ethyl adjacent to an activating group) is 2. The number of Topliss-reactive ketones (excluding diaryl/α,β-unsaturated/α-hetero) is 1. The van der Waals surface area contributed by atoms with Crippen LogP contribution in [-0.2, 0) is 142 Å². The second-order valence-corrected chi connectivity index (χ2v) is 31.1. The Morgan fingerprint density at radius 1 is 0.568 bits per heavy atom. The number of phenols is 1. The monoisotopic (exact) mass is 1760 g/mol. The van der Waals surface area contributed by atoms with Crippen molar-refractivity contribution < 1.29 is 138 Å². The zero-order chi connectivity index (χ0) is 86.1. The minimum atomic E-state index is -1.52. The molecule has 0 bridgehead atoms. The summed E-state index contributed by atoms with van der Waals surface area (Å²) >= 11 is 0. The maximum absolute atomic E-state index is 14.8. The number of methoxy groups -OCH3 is 3. The molecule has 0 aliphatic carbocycles. The molecule has 654 valence electrons. The maximum Gasteiger partial charge on any atom is 0.326 e. The molecule has 3 aromatic carbocycles. The van der Waals surface area contributed by atoms with Crippen molar-refractivity contribution in [1.82, 2.24) is 62.6 Å². The van der Waals surface area contributed by atoms with Gasteiger partial charge in [0.15, 0.2) is 0 Å². The van der Waals surface area contributed by atoms with Crippen LogP contribution in [0.4, 0.5) is 4.79 Å². The normalized spacial score (nSPS) is 15.8. The third-order valence-electron chi connectivity index (χ3n) is 21.3. The number of amides is 12. The second kappa shape index (κ2) is 56.6. The van der Waals surface area contributed by atoms with Crippen molar-refractivity contribution in [3.8, 4) is 5.75 Å². The number of primary amides is 1. The fraction of sp³-hybridized carbons (Fsp3) is 0.631.